The van der Waals surface area contributed by atoms with E-state index in [0.717, 1.165) is 23.4 Å². The summed E-state index contributed by atoms with van der Waals surface area (Å²) < 4.78 is 46.0. The van der Waals surface area contributed by atoms with Crippen LogP contribution in [0.1, 0.15) is 42.6 Å². The molecule has 3 atom stereocenters. The van der Waals surface area contributed by atoms with Crippen molar-refractivity contribution < 1.29 is 17.9 Å². The first-order valence-corrected chi connectivity index (χ1v) is 8.09. The molecule has 0 spiro atoms. The zero-order valence-corrected chi connectivity index (χ0v) is 14.3. The molecule has 1 saturated heterocycles. The number of piperidine rings is 1. The normalized spacial score (nSPS) is 27.4. The second-order valence-electron chi connectivity index (χ2n) is 6.62. The number of ether oxygens (including phenoxy) is 1. The fourth-order valence-corrected chi connectivity index (χ4v) is 3.57. The highest BCUT2D eigenvalue weighted by Gasteiger charge is 2.42. The number of aryl methyl sites for hydroxylation is 1. The van der Waals surface area contributed by atoms with Crippen LogP contribution in [0.25, 0.3) is 0 Å². The Morgan fingerprint density at radius 3 is 2.44 bits per heavy atom. The molecular weight excluding hydrogens is 333 g/mol. The highest BCUT2D eigenvalue weighted by Crippen LogP contribution is 2.43. The van der Waals surface area contributed by atoms with Gasteiger partial charge in [-0.05, 0) is 31.0 Å². The Balaban J connectivity index is 1.92. The number of halogens is 3. The number of nitrogens with one attached hydrogen (secondary N) is 1. The lowest BCUT2D eigenvalue weighted by atomic mass is 9.78. The monoisotopic (exact) mass is 354 g/mol. The summed E-state index contributed by atoms with van der Waals surface area (Å²) in [7, 11) is 3.39. The van der Waals surface area contributed by atoms with Gasteiger partial charge in [0.2, 0.25) is 0 Å². The van der Waals surface area contributed by atoms with Gasteiger partial charge >= 0.3 is 6.18 Å². The lowest BCUT2D eigenvalue weighted by Crippen LogP contribution is -2.48. The van der Waals surface area contributed by atoms with Gasteiger partial charge in [-0.3, -0.25) is 4.68 Å². The van der Waals surface area contributed by atoms with Crippen LogP contribution in [0.5, 0.6) is 0 Å². The average Bonchev–Trinajstić information content (AvgIpc) is 3.00. The summed E-state index contributed by atoms with van der Waals surface area (Å²) >= 11 is 0. The van der Waals surface area contributed by atoms with E-state index in [4.69, 9.17) is 4.74 Å². The first kappa shape index (κ1) is 17.9. The van der Waals surface area contributed by atoms with E-state index in [1.54, 1.807) is 18.8 Å². The molecule has 3 rings (SSSR count). The molecule has 2 aromatic rings. The second-order valence-corrected chi connectivity index (χ2v) is 6.62. The topological polar surface area (TPSA) is 52.0 Å². The van der Waals surface area contributed by atoms with Gasteiger partial charge in [0, 0.05) is 32.8 Å². The van der Waals surface area contributed by atoms with Crippen LogP contribution in [0.15, 0.2) is 30.5 Å². The molecular formula is C17H21F3N4O. The SMILES string of the molecule is CO[C@]1(c2ccc(C(F)(F)F)cc2)C[C@@H](c2cn(C)nn2)N[C@@H](C)C1. The maximum absolute atomic E-state index is 12.8. The van der Waals surface area contributed by atoms with Gasteiger partial charge in [-0.1, -0.05) is 17.3 Å². The summed E-state index contributed by atoms with van der Waals surface area (Å²) in [6.07, 6.45) is -1.28. The van der Waals surface area contributed by atoms with Crippen LogP contribution in [-0.4, -0.2) is 28.1 Å². The Hall–Kier alpha value is -1.93. The number of benzene rings is 1. The fraction of sp³-hybridized carbons (Fsp3) is 0.529. The molecule has 1 aliphatic rings. The molecule has 1 N–H and O–H groups in total. The summed E-state index contributed by atoms with van der Waals surface area (Å²) in [6.45, 7) is 2.03. The van der Waals surface area contributed by atoms with E-state index in [9.17, 15) is 13.2 Å². The molecule has 0 radical (unpaired) electrons. The molecule has 0 aliphatic carbocycles. The third kappa shape index (κ3) is 3.55. The van der Waals surface area contributed by atoms with E-state index in [1.165, 1.54) is 12.1 Å². The van der Waals surface area contributed by atoms with Crippen LogP contribution in [-0.2, 0) is 23.6 Å². The minimum Gasteiger partial charge on any atom is -0.373 e. The largest absolute Gasteiger partial charge is 0.416 e. The molecule has 1 aromatic heterocycles. The molecule has 136 valence electrons. The van der Waals surface area contributed by atoms with Crippen LogP contribution in [0.2, 0.25) is 0 Å². The average molecular weight is 354 g/mol. The van der Waals surface area contributed by atoms with Gasteiger partial charge in [0.1, 0.15) is 0 Å². The van der Waals surface area contributed by atoms with Gasteiger partial charge in [0.25, 0.3) is 0 Å². The van der Waals surface area contributed by atoms with Crippen molar-refractivity contribution in [3.63, 3.8) is 0 Å². The molecule has 1 aliphatic heterocycles. The third-order valence-corrected chi connectivity index (χ3v) is 4.76. The van der Waals surface area contributed by atoms with Gasteiger partial charge in [0.05, 0.1) is 22.9 Å². The van der Waals surface area contributed by atoms with E-state index in [-0.39, 0.29) is 12.1 Å². The maximum Gasteiger partial charge on any atom is 0.416 e. The van der Waals surface area contributed by atoms with Gasteiger partial charge in [-0.15, -0.1) is 5.10 Å². The number of methoxy groups -OCH3 is 1. The lowest BCUT2D eigenvalue weighted by molar-refractivity contribution is -0.137. The molecule has 0 unspecified atom stereocenters. The van der Waals surface area contributed by atoms with Gasteiger partial charge < -0.3 is 10.1 Å². The molecule has 1 aromatic carbocycles. The summed E-state index contributed by atoms with van der Waals surface area (Å²) in [4.78, 5) is 0. The molecule has 0 saturated carbocycles. The predicted octanol–water partition coefficient (Wildman–Crippen LogP) is 3.19. The summed E-state index contributed by atoms with van der Waals surface area (Å²) in [6, 6.07) is 5.28. The molecule has 2 heterocycles. The number of hydrogen-bond donors (Lipinski definition) is 1. The first-order valence-electron chi connectivity index (χ1n) is 8.09. The molecule has 8 heteroatoms. The van der Waals surface area contributed by atoms with Crippen molar-refractivity contribution >= 4 is 0 Å². The van der Waals surface area contributed by atoms with Crippen molar-refractivity contribution in [2.24, 2.45) is 7.05 Å². The standard InChI is InChI=1S/C17H21F3N4O/c1-11-8-16(25-3,9-14(21-11)15-10-24(2)23-22-15)12-4-6-13(7-5-12)17(18,19)20/h4-7,10-11,14,21H,8-9H2,1-3H3/t11-,14-,16-/m0/s1. The van der Waals surface area contributed by atoms with Crippen molar-refractivity contribution in [1.82, 2.24) is 20.3 Å². The van der Waals surface area contributed by atoms with Crippen molar-refractivity contribution in [2.75, 3.05) is 7.11 Å². The van der Waals surface area contributed by atoms with Crippen molar-refractivity contribution in [3.8, 4) is 0 Å². The Kier molecular flexibility index (Phi) is 4.59. The summed E-state index contributed by atoms with van der Waals surface area (Å²) in [5.74, 6) is 0. The smallest absolute Gasteiger partial charge is 0.373 e. The summed E-state index contributed by atoms with van der Waals surface area (Å²) in [5.41, 5.74) is 0.208. The number of alkyl halides is 3. The van der Waals surface area contributed by atoms with Crippen LogP contribution in [0.3, 0.4) is 0 Å². The Morgan fingerprint density at radius 2 is 1.92 bits per heavy atom. The fourth-order valence-electron chi connectivity index (χ4n) is 3.57. The molecule has 1 fully saturated rings. The minimum absolute atomic E-state index is 0.0836. The van der Waals surface area contributed by atoms with E-state index < -0.39 is 17.3 Å². The molecule has 25 heavy (non-hydrogen) atoms. The lowest BCUT2D eigenvalue weighted by Gasteiger charge is -2.43. The number of nitrogens with zero attached hydrogens (tertiary/aromatic N) is 3. The Morgan fingerprint density at radius 1 is 1.24 bits per heavy atom. The molecule has 5 nitrogen and oxygen atoms in total. The van der Waals surface area contributed by atoms with Crippen molar-refractivity contribution in [3.05, 3.63) is 47.3 Å². The van der Waals surface area contributed by atoms with Crippen molar-refractivity contribution in [1.29, 1.82) is 0 Å². The zero-order valence-electron chi connectivity index (χ0n) is 14.3. The van der Waals surface area contributed by atoms with Crippen LogP contribution >= 0.6 is 0 Å². The number of hydrogen-bond acceptors (Lipinski definition) is 4. The molecule has 0 amide bonds. The highest BCUT2D eigenvalue weighted by molar-refractivity contribution is 5.30. The second kappa shape index (κ2) is 6.42. The minimum atomic E-state index is -4.34. The number of aromatic nitrogens is 3. The van der Waals surface area contributed by atoms with Crippen molar-refractivity contribution in [2.45, 2.75) is 43.6 Å². The Labute approximate surface area is 144 Å². The highest BCUT2D eigenvalue weighted by atomic mass is 19.4. The number of rotatable bonds is 3. The van der Waals surface area contributed by atoms with Gasteiger partial charge in [0.15, 0.2) is 0 Å². The van der Waals surface area contributed by atoms with E-state index >= 15 is 0 Å². The maximum atomic E-state index is 12.8. The van der Waals surface area contributed by atoms with Crippen LogP contribution in [0, 0.1) is 0 Å². The zero-order chi connectivity index (χ0) is 18.2. The third-order valence-electron chi connectivity index (χ3n) is 4.76. The van der Waals surface area contributed by atoms with Gasteiger partial charge in [-0.25, -0.2) is 0 Å². The van der Waals surface area contributed by atoms with Crippen LogP contribution in [0.4, 0.5) is 13.2 Å². The quantitative estimate of drug-likeness (QED) is 0.920. The molecule has 0 bridgehead atoms. The first-order chi connectivity index (χ1) is 11.7. The predicted molar refractivity (Wildman–Crippen MR) is 85.7 cm³/mol. The van der Waals surface area contributed by atoms with E-state index in [0.29, 0.717) is 12.8 Å². The van der Waals surface area contributed by atoms with E-state index in [2.05, 4.69) is 15.6 Å². The Bertz CT molecular complexity index is 728. The van der Waals surface area contributed by atoms with E-state index in [1.807, 2.05) is 13.1 Å². The van der Waals surface area contributed by atoms with Gasteiger partial charge in [-0.2, -0.15) is 13.2 Å². The van der Waals surface area contributed by atoms with Crippen LogP contribution < -0.4 is 5.32 Å². The summed E-state index contributed by atoms with van der Waals surface area (Å²) in [5, 5.41) is 11.6.